The van der Waals surface area contributed by atoms with Crippen molar-refractivity contribution in [1.29, 1.82) is 0 Å². The van der Waals surface area contributed by atoms with Crippen molar-refractivity contribution >= 4 is 39.1 Å². The van der Waals surface area contributed by atoms with Gasteiger partial charge >= 0.3 is 5.97 Å². The number of para-hydroxylation sites is 3. The Balaban J connectivity index is 2.23. The lowest BCUT2D eigenvalue weighted by molar-refractivity contribution is -0.137. The fourth-order valence-corrected chi connectivity index (χ4v) is 2.96. The summed E-state index contributed by atoms with van der Waals surface area (Å²) in [5.74, 6) is -0.892. The highest BCUT2D eigenvalue weighted by Gasteiger charge is 2.17. The Hall–Kier alpha value is -2.95. The maximum Gasteiger partial charge on any atom is 0.323 e. The molecule has 2 aromatic heterocycles. The van der Waals surface area contributed by atoms with Gasteiger partial charge in [0, 0.05) is 5.39 Å². The van der Waals surface area contributed by atoms with Crippen LogP contribution < -0.4 is 0 Å². The number of aromatic nitrogens is 3. The number of carboxylic acids is 1. The Labute approximate surface area is 125 Å². The molecule has 0 unspecified atom stereocenters. The van der Waals surface area contributed by atoms with E-state index in [1.807, 2.05) is 49.4 Å². The minimum Gasteiger partial charge on any atom is -0.480 e. The number of rotatable bonds is 2. The van der Waals surface area contributed by atoms with E-state index in [1.165, 1.54) is 0 Å². The third-order valence-electron chi connectivity index (χ3n) is 3.86. The molecule has 0 amide bonds. The van der Waals surface area contributed by atoms with E-state index in [0.717, 1.165) is 33.0 Å². The lowest BCUT2D eigenvalue weighted by Gasteiger charge is -2.05. The second kappa shape index (κ2) is 4.53. The summed E-state index contributed by atoms with van der Waals surface area (Å²) in [7, 11) is 0. The number of carbonyl (C=O) groups is 1. The van der Waals surface area contributed by atoms with Gasteiger partial charge in [-0.1, -0.05) is 30.3 Å². The topological polar surface area (TPSA) is 68.0 Å². The first-order valence-electron chi connectivity index (χ1n) is 7.01. The van der Waals surface area contributed by atoms with Crippen LogP contribution in [-0.4, -0.2) is 25.6 Å². The molecule has 0 aliphatic carbocycles. The van der Waals surface area contributed by atoms with E-state index in [0.29, 0.717) is 5.65 Å². The summed E-state index contributed by atoms with van der Waals surface area (Å²) in [5, 5.41) is 10.2. The van der Waals surface area contributed by atoms with Gasteiger partial charge in [-0.3, -0.25) is 4.79 Å². The monoisotopic (exact) mass is 291 g/mol. The van der Waals surface area contributed by atoms with Crippen LogP contribution in [0, 0.1) is 6.92 Å². The first-order valence-corrected chi connectivity index (χ1v) is 7.01. The minimum absolute atomic E-state index is 0.127. The van der Waals surface area contributed by atoms with Gasteiger partial charge in [0.1, 0.15) is 12.1 Å². The van der Waals surface area contributed by atoms with Crippen LogP contribution in [-0.2, 0) is 11.3 Å². The highest BCUT2D eigenvalue weighted by Crippen LogP contribution is 2.30. The molecule has 0 spiro atoms. The molecule has 108 valence electrons. The smallest absolute Gasteiger partial charge is 0.323 e. The van der Waals surface area contributed by atoms with Gasteiger partial charge in [-0.05, 0) is 24.6 Å². The molecule has 22 heavy (non-hydrogen) atoms. The second-order valence-corrected chi connectivity index (χ2v) is 5.34. The van der Waals surface area contributed by atoms with E-state index < -0.39 is 5.97 Å². The van der Waals surface area contributed by atoms with Crippen molar-refractivity contribution in [3.8, 4) is 0 Å². The summed E-state index contributed by atoms with van der Waals surface area (Å²) in [6, 6.07) is 13.5. The average molecular weight is 291 g/mol. The van der Waals surface area contributed by atoms with E-state index in [1.54, 1.807) is 4.57 Å². The summed E-state index contributed by atoms with van der Waals surface area (Å²) in [6.07, 6.45) is 0. The predicted octanol–water partition coefficient (Wildman–Crippen LogP) is 3.13. The van der Waals surface area contributed by atoms with Gasteiger partial charge in [0.15, 0.2) is 5.65 Å². The van der Waals surface area contributed by atoms with Gasteiger partial charge in [0.25, 0.3) is 0 Å². The van der Waals surface area contributed by atoms with Crippen LogP contribution in [0.2, 0.25) is 0 Å². The third kappa shape index (κ3) is 1.75. The van der Waals surface area contributed by atoms with Gasteiger partial charge in [0.2, 0.25) is 0 Å². The highest BCUT2D eigenvalue weighted by atomic mass is 16.4. The van der Waals surface area contributed by atoms with Crippen molar-refractivity contribution < 1.29 is 9.90 Å². The molecule has 4 rings (SSSR count). The third-order valence-corrected chi connectivity index (χ3v) is 3.86. The summed E-state index contributed by atoms with van der Waals surface area (Å²) in [4.78, 5) is 20.6. The molecule has 2 aromatic carbocycles. The molecule has 0 bridgehead atoms. The first kappa shape index (κ1) is 12.8. The number of fused-ring (bicyclic) bond motifs is 4. The van der Waals surface area contributed by atoms with Crippen LogP contribution >= 0.6 is 0 Å². The van der Waals surface area contributed by atoms with Crippen molar-refractivity contribution in [2.24, 2.45) is 0 Å². The fourth-order valence-electron chi connectivity index (χ4n) is 2.96. The number of nitrogens with zero attached hydrogens (tertiary/aromatic N) is 3. The highest BCUT2D eigenvalue weighted by molar-refractivity contribution is 6.07. The van der Waals surface area contributed by atoms with Gasteiger partial charge in [0.05, 0.1) is 16.6 Å². The summed E-state index contributed by atoms with van der Waals surface area (Å²) in [6.45, 7) is 1.84. The SMILES string of the molecule is Cc1cccc2c3nc4ccccc4nc3n(CC(=O)O)c12. The zero-order chi connectivity index (χ0) is 15.3. The number of aryl methyl sites for hydroxylation is 1. The molecule has 2 heterocycles. The molecule has 4 aromatic rings. The number of hydrogen-bond acceptors (Lipinski definition) is 3. The number of carboxylic acid groups (broad SMARTS) is 1. The molecule has 0 fully saturated rings. The molecular weight excluding hydrogens is 278 g/mol. The van der Waals surface area contributed by atoms with Crippen molar-refractivity contribution in [3.05, 3.63) is 48.0 Å². The molecule has 5 nitrogen and oxygen atoms in total. The number of hydrogen-bond donors (Lipinski definition) is 1. The maximum atomic E-state index is 11.3. The molecule has 0 aliphatic rings. The van der Waals surface area contributed by atoms with Gasteiger partial charge in [-0.2, -0.15) is 0 Å². The Bertz CT molecular complexity index is 1050. The normalized spacial score (nSPS) is 11.5. The fraction of sp³-hybridized carbons (Fsp3) is 0.118. The Morgan fingerprint density at radius 1 is 1.09 bits per heavy atom. The van der Waals surface area contributed by atoms with Gasteiger partial charge in [-0.25, -0.2) is 9.97 Å². The zero-order valence-electron chi connectivity index (χ0n) is 11.9. The average Bonchev–Trinajstić information content (AvgIpc) is 2.80. The van der Waals surface area contributed by atoms with Gasteiger partial charge < -0.3 is 9.67 Å². The lowest BCUT2D eigenvalue weighted by Crippen LogP contribution is -2.09. The van der Waals surface area contributed by atoms with E-state index in [2.05, 4.69) is 4.98 Å². The zero-order valence-corrected chi connectivity index (χ0v) is 11.9. The molecule has 0 saturated heterocycles. The van der Waals surface area contributed by atoms with Crippen molar-refractivity contribution in [3.63, 3.8) is 0 Å². The van der Waals surface area contributed by atoms with E-state index in [4.69, 9.17) is 4.98 Å². The van der Waals surface area contributed by atoms with Crippen LogP contribution in [0.15, 0.2) is 42.5 Å². The van der Waals surface area contributed by atoms with E-state index in [9.17, 15) is 9.90 Å². The summed E-state index contributed by atoms with van der Waals surface area (Å²) < 4.78 is 1.74. The molecule has 1 N–H and O–H groups in total. The van der Waals surface area contributed by atoms with Crippen molar-refractivity contribution in [2.45, 2.75) is 13.5 Å². The second-order valence-electron chi connectivity index (χ2n) is 5.34. The van der Waals surface area contributed by atoms with Gasteiger partial charge in [-0.15, -0.1) is 0 Å². The largest absolute Gasteiger partial charge is 0.480 e. The maximum absolute atomic E-state index is 11.3. The van der Waals surface area contributed by atoms with Crippen LogP contribution in [0.3, 0.4) is 0 Å². The van der Waals surface area contributed by atoms with Crippen LogP contribution in [0.1, 0.15) is 5.56 Å². The molecule has 0 saturated carbocycles. The number of aliphatic carboxylic acids is 1. The van der Waals surface area contributed by atoms with Crippen LogP contribution in [0.4, 0.5) is 0 Å². The first-order chi connectivity index (χ1) is 10.6. The molecular formula is C17H13N3O2. The van der Waals surface area contributed by atoms with Crippen LogP contribution in [0.25, 0.3) is 33.1 Å². The van der Waals surface area contributed by atoms with E-state index >= 15 is 0 Å². The molecule has 5 heteroatoms. The Morgan fingerprint density at radius 3 is 2.55 bits per heavy atom. The Morgan fingerprint density at radius 2 is 1.82 bits per heavy atom. The lowest BCUT2D eigenvalue weighted by atomic mass is 10.1. The molecule has 0 radical (unpaired) electrons. The summed E-state index contributed by atoms with van der Waals surface area (Å²) in [5.41, 5.74) is 4.84. The van der Waals surface area contributed by atoms with Crippen molar-refractivity contribution in [1.82, 2.24) is 14.5 Å². The molecule has 0 aliphatic heterocycles. The van der Waals surface area contributed by atoms with E-state index in [-0.39, 0.29) is 6.54 Å². The van der Waals surface area contributed by atoms with Crippen LogP contribution in [0.5, 0.6) is 0 Å². The Kier molecular flexibility index (Phi) is 2.63. The predicted molar refractivity (Wildman–Crippen MR) is 84.9 cm³/mol. The molecule has 0 atom stereocenters. The quantitative estimate of drug-likeness (QED) is 0.616. The standard InChI is InChI=1S/C17H13N3O2/c1-10-5-4-6-11-15-17(20(16(10)11)9-14(21)22)19-13-8-3-2-7-12(13)18-15/h2-8H,9H2,1H3,(H,21,22). The van der Waals surface area contributed by atoms with Crippen molar-refractivity contribution in [2.75, 3.05) is 0 Å². The minimum atomic E-state index is -0.892. The summed E-state index contributed by atoms with van der Waals surface area (Å²) >= 11 is 0. The number of benzene rings is 2.